The van der Waals surface area contributed by atoms with Crippen LogP contribution in [-0.4, -0.2) is 55.1 Å². The van der Waals surface area contributed by atoms with E-state index in [9.17, 15) is 8.42 Å². The SMILES string of the molecule is COc1ccc(CN(c2ccncn2)S(=O)(=O)c2cc(C)c(O[C@H]3CCCC[C@@H]3c3cnn(C4CCCCO4)c3)cc2F)c(OC)c1. The Balaban J connectivity index is 1.28. The van der Waals surface area contributed by atoms with Gasteiger partial charge in [-0.3, -0.25) is 0 Å². The molecule has 1 aliphatic carbocycles. The first-order valence-corrected chi connectivity index (χ1v) is 17.3. The van der Waals surface area contributed by atoms with Gasteiger partial charge in [-0.15, -0.1) is 0 Å². The number of hydrogen-bond acceptors (Lipinski definition) is 9. The number of benzene rings is 2. The highest BCUT2D eigenvalue weighted by molar-refractivity contribution is 7.92. The van der Waals surface area contributed by atoms with Crippen LogP contribution in [0.2, 0.25) is 0 Å². The minimum atomic E-state index is -4.45. The van der Waals surface area contributed by atoms with Crippen molar-refractivity contribution in [2.24, 2.45) is 0 Å². The van der Waals surface area contributed by atoms with Crippen molar-refractivity contribution in [2.75, 3.05) is 25.1 Å². The lowest BCUT2D eigenvalue weighted by Gasteiger charge is -2.32. The maximum atomic E-state index is 16.0. The molecule has 0 bridgehead atoms. The summed E-state index contributed by atoms with van der Waals surface area (Å²) in [5, 5.41) is 4.60. The molecule has 1 unspecified atom stereocenters. The second kappa shape index (κ2) is 14.3. The van der Waals surface area contributed by atoms with Crippen molar-refractivity contribution in [3.8, 4) is 17.2 Å². The van der Waals surface area contributed by atoms with Crippen LogP contribution in [0.25, 0.3) is 0 Å². The number of sulfonamides is 1. The topological polar surface area (TPSA) is 118 Å². The summed E-state index contributed by atoms with van der Waals surface area (Å²) >= 11 is 0. The van der Waals surface area contributed by atoms with Crippen LogP contribution in [0.15, 0.2) is 66.2 Å². The normalized spacial score (nSPS) is 20.0. The highest BCUT2D eigenvalue weighted by atomic mass is 32.2. The molecule has 13 heteroatoms. The van der Waals surface area contributed by atoms with Gasteiger partial charge < -0.3 is 18.9 Å². The van der Waals surface area contributed by atoms with Crippen molar-refractivity contribution in [3.63, 3.8) is 0 Å². The number of halogens is 1. The lowest BCUT2D eigenvalue weighted by atomic mass is 9.83. The van der Waals surface area contributed by atoms with Gasteiger partial charge in [0.05, 0.1) is 27.0 Å². The second-order valence-corrected chi connectivity index (χ2v) is 13.8. The fourth-order valence-electron chi connectivity index (χ4n) is 6.35. The van der Waals surface area contributed by atoms with Crippen molar-refractivity contribution in [1.29, 1.82) is 0 Å². The summed E-state index contributed by atoms with van der Waals surface area (Å²) in [5.41, 5.74) is 2.11. The van der Waals surface area contributed by atoms with Crippen molar-refractivity contribution < 1.29 is 31.8 Å². The van der Waals surface area contributed by atoms with Gasteiger partial charge in [-0.25, -0.2) is 31.8 Å². The van der Waals surface area contributed by atoms with Crippen molar-refractivity contribution in [1.82, 2.24) is 19.7 Å². The van der Waals surface area contributed by atoms with Crippen LogP contribution in [0.4, 0.5) is 10.2 Å². The summed E-state index contributed by atoms with van der Waals surface area (Å²) in [6.45, 7) is 2.29. The Morgan fingerprint density at radius 3 is 2.60 bits per heavy atom. The van der Waals surface area contributed by atoms with Gasteiger partial charge in [0.15, 0.2) is 0 Å². The molecule has 0 spiro atoms. The molecule has 47 heavy (non-hydrogen) atoms. The lowest BCUT2D eigenvalue weighted by molar-refractivity contribution is -0.0395. The van der Waals surface area contributed by atoms with Gasteiger partial charge in [-0.1, -0.05) is 6.42 Å². The van der Waals surface area contributed by atoms with E-state index in [-0.39, 0.29) is 30.6 Å². The fourth-order valence-corrected chi connectivity index (χ4v) is 7.89. The zero-order chi connectivity index (χ0) is 33.0. The zero-order valence-corrected chi connectivity index (χ0v) is 27.7. The number of aromatic nitrogens is 4. The Bertz CT molecular complexity index is 1780. The first kappa shape index (κ1) is 32.7. The molecule has 2 aliphatic rings. The monoisotopic (exact) mass is 665 g/mol. The van der Waals surface area contributed by atoms with Crippen LogP contribution < -0.4 is 18.5 Å². The molecule has 11 nitrogen and oxygen atoms in total. The number of hydrogen-bond donors (Lipinski definition) is 0. The summed E-state index contributed by atoms with van der Waals surface area (Å²) in [6.07, 6.45) is 13.2. The third-order valence-corrected chi connectivity index (χ3v) is 10.7. The van der Waals surface area contributed by atoms with Crippen LogP contribution in [0.5, 0.6) is 17.2 Å². The largest absolute Gasteiger partial charge is 0.497 e. The first-order chi connectivity index (χ1) is 22.8. The molecule has 0 amide bonds. The average molecular weight is 666 g/mol. The molecule has 0 N–H and O–H groups in total. The van der Waals surface area contributed by atoms with Crippen LogP contribution in [-0.2, 0) is 21.3 Å². The number of nitrogens with zero attached hydrogens (tertiary/aromatic N) is 5. The first-order valence-electron chi connectivity index (χ1n) is 15.9. The lowest BCUT2D eigenvalue weighted by Crippen LogP contribution is -2.32. The third kappa shape index (κ3) is 7.05. The van der Waals surface area contributed by atoms with Gasteiger partial charge in [-0.2, -0.15) is 5.10 Å². The smallest absolute Gasteiger partial charge is 0.268 e. The minimum absolute atomic E-state index is 0.0565. The molecule has 250 valence electrons. The van der Waals surface area contributed by atoms with E-state index in [1.807, 2.05) is 17.1 Å². The third-order valence-electron chi connectivity index (χ3n) is 8.91. The van der Waals surface area contributed by atoms with E-state index in [1.54, 1.807) is 25.1 Å². The zero-order valence-electron chi connectivity index (χ0n) is 26.8. The molecule has 3 heterocycles. The van der Waals surface area contributed by atoms with E-state index in [2.05, 4.69) is 15.1 Å². The Hall–Kier alpha value is -4.23. The van der Waals surface area contributed by atoms with Crippen molar-refractivity contribution in [3.05, 3.63) is 83.8 Å². The molecular weight excluding hydrogens is 625 g/mol. The van der Waals surface area contributed by atoms with Gasteiger partial charge in [0.1, 0.15) is 52.4 Å². The van der Waals surface area contributed by atoms with Gasteiger partial charge >= 0.3 is 0 Å². The van der Waals surface area contributed by atoms with E-state index >= 15 is 4.39 Å². The molecule has 1 aliphatic heterocycles. The molecule has 3 atom stereocenters. The van der Waals surface area contributed by atoms with Crippen molar-refractivity contribution >= 4 is 15.8 Å². The molecule has 2 fully saturated rings. The molecule has 0 radical (unpaired) electrons. The van der Waals surface area contributed by atoms with E-state index in [1.165, 1.54) is 44.9 Å². The van der Waals surface area contributed by atoms with Gasteiger partial charge in [-0.05, 0) is 74.8 Å². The van der Waals surface area contributed by atoms with E-state index in [0.29, 0.717) is 28.4 Å². The Labute approximate surface area is 274 Å². The van der Waals surface area contributed by atoms with Crippen LogP contribution >= 0.6 is 0 Å². The van der Waals surface area contributed by atoms with Crippen LogP contribution in [0.1, 0.15) is 73.8 Å². The average Bonchev–Trinajstić information content (AvgIpc) is 3.60. The van der Waals surface area contributed by atoms with E-state index in [4.69, 9.17) is 18.9 Å². The predicted molar refractivity (Wildman–Crippen MR) is 173 cm³/mol. The predicted octanol–water partition coefficient (Wildman–Crippen LogP) is 6.34. The van der Waals surface area contributed by atoms with Crippen LogP contribution in [0.3, 0.4) is 0 Å². The Morgan fingerprint density at radius 1 is 1.02 bits per heavy atom. The molecule has 1 saturated carbocycles. The maximum Gasteiger partial charge on any atom is 0.268 e. The molecule has 6 rings (SSSR count). The van der Waals surface area contributed by atoms with Gasteiger partial charge in [0.25, 0.3) is 10.0 Å². The number of anilines is 1. The van der Waals surface area contributed by atoms with E-state index in [0.717, 1.165) is 61.4 Å². The van der Waals surface area contributed by atoms with Crippen LogP contribution in [0, 0.1) is 12.7 Å². The highest BCUT2D eigenvalue weighted by Gasteiger charge is 2.33. The minimum Gasteiger partial charge on any atom is -0.497 e. The van der Waals surface area contributed by atoms with E-state index < -0.39 is 20.7 Å². The number of aryl methyl sites for hydroxylation is 1. The summed E-state index contributed by atoms with van der Waals surface area (Å²) in [5.74, 6) is 0.510. The molecule has 4 aromatic rings. The number of methoxy groups -OCH3 is 2. The second-order valence-electron chi connectivity index (χ2n) is 11.9. The Morgan fingerprint density at radius 2 is 1.85 bits per heavy atom. The Kier molecular flexibility index (Phi) is 9.92. The summed E-state index contributed by atoms with van der Waals surface area (Å²) in [7, 11) is -1.44. The van der Waals surface area contributed by atoms with Gasteiger partial charge in [0, 0.05) is 48.7 Å². The molecule has 2 aromatic carbocycles. The highest BCUT2D eigenvalue weighted by Crippen LogP contribution is 2.39. The van der Waals surface area contributed by atoms with Gasteiger partial charge in [0.2, 0.25) is 0 Å². The maximum absolute atomic E-state index is 16.0. The quantitative estimate of drug-likeness (QED) is 0.181. The summed E-state index contributed by atoms with van der Waals surface area (Å²) < 4.78 is 70.5. The molecule has 1 saturated heterocycles. The summed E-state index contributed by atoms with van der Waals surface area (Å²) in [6, 6.07) is 9.03. The number of rotatable bonds is 11. The van der Waals surface area contributed by atoms with Crippen molar-refractivity contribution in [2.45, 2.75) is 81.6 Å². The summed E-state index contributed by atoms with van der Waals surface area (Å²) in [4.78, 5) is 7.62. The standard InChI is InChI=1S/C34H40FN5O6S/c1-23-16-32(47(41,42)40(33-13-14-36-22-37-33)21-24-11-12-26(43-2)17-31(24)44-3)28(35)18-30(23)46-29-9-5-4-8-27(29)25-19-38-39(20-25)34-10-6-7-15-45-34/h11-14,16-20,22,27,29,34H,4-10,15,21H2,1-3H3/t27-,29+,34?/m1/s1. The molecular formula is C34H40FN5O6S. The number of ether oxygens (including phenoxy) is 4. The molecule has 2 aromatic heterocycles. The fraction of sp³-hybridized carbons (Fsp3) is 0.441.